The van der Waals surface area contributed by atoms with Crippen molar-refractivity contribution in [1.82, 2.24) is 5.32 Å². The number of carbonyl (C=O) groups is 1. The predicted octanol–water partition coefficient (Wildman–Crippen LogP) is 1.79. The van der Waals surface area contributed by atoms with Gasteiger partial charge in [-0.1, -0.05) is 32.9 Å². The van der Waals surface area contributed by atoms with Gasteiger partial charge in [0.05, 0.1) is 10.6 Å². The second kappa shape index (κ2) is 6.70. The second-order valence-electron chi connectivity index (χ2n) is 4.74. The van der Waals surface area contributed by atoms with E-state index in [1.54, 1.807) is 31.2 Å². The highest BCUT2D eigenvalue weighted by molar-refractivity contribution is 7.91. The van der Waals surface area contributed by atoms with Crippen LogP contribution < -0.4 is 5.32 Å². The van der Waals surface area contributed by atoms with Gasteiger partial charge in [0.2, 0.25) is 5.91 Å². The summed E-state index contributed by atoms with van der Waals surface area (Å²) in [5.74, 6) is 0.124. The van der Waals surface area contributed by atoms with Crippen LogP contribution >= 0.6 is 0 Å². The van der Waals surface area contributed by atoms with Gasteiger partial charge in [0.25, 0.3) is 0 Å². The highest BCUT2D eigenvalue weighted by atomic mass is 32.2. The summed E-state index contributed by atoms with van der Waals surface area (Å²) in [5.41, 5.74) is 1.01. The maximum Gasteiger partial charge on any atom is 0.222 e. The van der Waals surface area contributed by atoms with Crippen molar-refractivity contribution in [3.8, 4) is 0 Å². The molecule has 1 aromatic rings. The largest absolute Gasteiger partial charge is 0.356 e. The first-order valence-electron chi connectivity index (χ1n) is 6.46. The van der Waals surface area contributed by atoms with Crippen LogP contribution in [0.5, 0.6) is 0 Å². The van der Waals surface area contributed by atoms with Crippen LogP contribution in [-0.4, -0.2) is 26.6 Å². The van der Waals surface area contributed by atoms with Crippen LogP contribution in [0.3, 0.4) is 0 Å². The molecule has 4 nitrogen and oxygen atoms in total. The Morgan fingerprint density at radius 1 is 1.21 bits per heavy atom. The molecule has 0 aromatic heterocycles. The molecule has 0 aliphatic rings. The van der Waals surface area contributed by atoms with Crippen molar-refractivity contribution in [1.29, 1.82) is 0 Å². The number of amides is 1. The molecule has 0 saturated carbocycles. The fourth-order valence-electron chi connectivity index (χ4n) is 1.56. The third kappa shape index (κ3) is 4.67. The molecule has 5 heteroatoms. The van der Waals surface area contributed by atoms with Crippen molar-refractivity contribution in [3.63, 3.8) is 0 Å². The fraction of sp³-hybridized carbons (Fsp3) is 0.500. The van der Waals surface area contributed by atoms with E-state index >= 15 is 0 Å². The van der Waals surface area contributed by atoms with Crippen LogP contribution in [0.15, 0.2) is 29.2 Å². The molecule has 0 aliphatic carbocycles. The molecule has 19 heavy (non-hydrogen) atoms. The standard InChI is InChI=1S/C14H21NO3S/c1-4-19(17,18)13-7-5-12(6-8-13)9-10-15-14(16)11(2)3/h5-8,11H,4,9-10H2,1-3H3,(H,15,16). The van der Waals surface area contributed by atoms with E-state index in [1.165, 1.54) is 0 Å². The first kappa shape index (κ1) is 15.7. The van der Waals surface area contributed by atoms with Gasteiger partial charge < -0.3 is 5.32 Å². The molecule has 1 N–H and O–H groups in total. The minimum absolute atomic E-state index is 0.0166. The number of sulfone groups is 1. The topological polar surface area (TPSA) is 63.2 Å². The Morgan fingerprint density at radius 3 is 2.26 bits per heavy atom. The number of hydrogen-bond donors (Lipinski definition) is 1. The summed E-state index contributed by atoms with van der Waals surface area (Å²) in [6, 6.07) is 6.84. The van der Waals surface area contributed by atoms with Crippen LogP contribution in [0, 0.1) is 5.92 Å². The summed E-state index contributed by atoms with van der Waals surface area (Å²) < 4.78 is 23.3. The van der Waals surface area contributed by atoms with Gasteiger partial charge in [0.1, 0.15) is 0 Å². The highest BCUT2D eigenvalue weighted by Crippen LogP contribution is 2.12. The first-order chi connectivity index (χ1) is 8.86. The molecule has 0 spiro atoms. The van der Waals surface area contributed by atoms with Crippen molar-refractivity contribution in [3.05, 3.63) is 29.8 Å². The summed E-state index contributed by atoms with van der Waals surface area (Å²) in [7, 11) is -3.13. The lowest BCUT2D eigenvalue weighted by Gasteiger charge is -2.08. The molecule has 0 aliphatic heterocycles. The number of rotatable bonds is 6. The quantitative estimate of drug-likeness (QED) is 0.866. The molecule has 1 aromatic carbocycles. The summed E-state index contributed by atoms with van der Waals surface area (Å²) in [6.45, 7) is 5.89. The minimum atomic E-state index is -3.13. The molecule has 0 saturated heterocycles. The smallest absolute Gasteiger partial charge is 0.222 e. The maximum absolute atomic E-state index is 11.6. The Balaban J connectivity index is 2.56. The Labute approximate surface area is 115 Å². The maximum atomic E-state index is 11.6. The molecule has 106 valence electrons. The van der Waals surface area contributed by atoms with Crippen molar-refractivity contribution < 1.29 is 13.2 Å². The van der Waals surface area contributed by atoms with Crippen molar-refractivity contribution in [2.75, 3.05) is 12.3 Å². The number of carbonyl (C=O) groups excluding carboxylic acids is 1. The molecule has 0 unspecified atom stereocenters. The zero-order chi connectivity index (χ0) is 14.5. The first-order valence-corrected chi connectivity index (χ1v) is 8.11. The lowest BCUT2D eigenvalue weighted by molar-refractivity contribution is -0.123. The van der Waals surface area contributed by atoms with E-state index in [-0.39, 0.29) is 17.6 Å². The van der Waals surface area contributed by atoms with E-state index < -0.39 is 9.84 Å². The molecule has 1 amide bonds. The fourth-order valence-corrected chi connectivity index (χ4v) is 2.45. The van der Waals surface area contributed by atoms with Crippen molar-refractivity contribution in [2.24, 2.45) is 5.92 Å². The van der Waals surface area contributed by atoms with E-state index in [9.17, 15) is 13.2 Å². The Morgan fingerprint density at radius 2 is 1.79 bits per heavy atom. The van der Waals surface area contributed by atoms with Gasteiger partial charge in [-0.15, -0.1) is 0 Å². The molecular formula is C14H21NO3S. The molecule has 0 fully saturated rings. The van der Waals surface area contributed by atoms with Crippen LogP contribution in [0.4, 0.5) is 0 Å². The summed E-state index contributed by atoms with van der Waals surface area (Å²) >= 11 is 0. The number of nitrogens with one attached hydrogen (secondary N) is 1. The Bertz CT molecular complexity index is 518. The van der Waals surface area contributed by atoms with E-state index in [1.807, 2.05) is 13.8 Å². The van der Waals surface area contributed by atoms with E-state index in [2.05, 4.69) is 5.32 Å². The van der Waals surface area contributed by atoms with Gasteiger partial charge in [-0.3, -0.25) is 4.79 Å². The van der Waals surface area contributed by atoms with Gasteiger partial charge >= 0.3 is 0 Å². The summed E-state index contributed by atoms with van der Waals surface area (Å²) in [4.78, 5) is 11.7. The molecule has 0 bridgehead atoms. The van der Waals surface area contributed by atoms with Gasteiger partial charge in [0, 0.05) is 12.5 Å². The summed E-state index contributed by atoms with van der Waals surface area (Å²) in [5, 5.41) is 2.83. The van der Waals surface area contributed by atoms with E-state index in [4.69, 9.17) is 0 Å². The second-order valence-corrected chi connectivity index (χ2v) is 7.02. The van der Waals surface area contributed by atoms with Gasteiger partial charge in [-0.25, -0.2) is 8.42 Å². The van der Waals surface area contributed by atoms with Gasteiger partial charge in [-0.2, -0.15) is 0 Å². The zero-order valence-corrected chi connectivity index (χ0v) is 12.5. The monoisotopic (exact) mass is 283 g/mol. The van der Waals surface area contributed by atoms with Crippen LogP contribution in [-0.2, 0) is 21.1 Å². The van der Waals surface area contributed by atoms with Crippen molar-refractivity contribution >= 4 is 15.7 Å². The molecule has 0 radical (unpaired) electrons. The normalized spacial score (nSPS) is 11.6. The minimum Gasteiger partial charge on any atom is -0.356 e. The molecular weight excluding hydrogens is 262 g/mol. The highest BCUT2D eigenvalue weighted by Gasteiger charge is 2.10. The van der Waals surface area contributed by atoms with Gasteiger partial charge in [-0.05, 0) is 24.1 Å². The third-order valence-corrected chi connectivity index (χ3v) is 4.65. The van der Waals surface area contributed by atoms with Crippen molar-refractivity contribution in [2.45, 2.75) is 32.1 Å². The van der Waals surface area contributed by atoms with Crippen LogP contribution in [0.25, 0.3) is 0 Å². The Hall–Kier alpha value is -1.36. The van der Waals surface area contributed by atoms with Crippen LogP contribution in [0.1, 0.15) is 26.3 Å². The average molecular weight is 283 g/mol. The van der Waals surface area contributed by atoms with Crippen LogP contribution in [0.2, 0.25) is 0 Å². The third-order valence-electron chi connectivity index (χ3n) is 2.90. The number of benzene rings is 1. The average Bonchev–Trinajstić information content (AvgIpc) is 2.39. The lowest BCUT2D eigenvalue weighted by atomic mass is 10.1. The molecule has 0 heterocycles. The van der Waals surface area contributed by atoms with E-state index in [0.717, 1.165) is 5.56 Å². The predicted molar refractivity (Wildman–Crippen MR) is 75.7 cm³/mol. The number of hydrogen-bond acceptors (Lipinski definition) is 3. The Kier molecular flexibility index (Phi) is 5.54. The van der Waals surface area contributed by atoms with Gasteiger partial charge in [0.15, 0.2) is 9.84 Å². The molecule has 1 rings (SSSR count). The summed E-state index contributed by atoms with van der Waals surface area (Å²) in [6.07, 6.45) is 0.699. The zero-order valence-electron chi connectivity index (χ0n) is 11.6. The van der Waals surface area contributed by atoms with E-state index in [0.29, 0.717) is 17.9 Å². The SMILES string of the molecule is CCS(=O)(=O)c1ccc(CCNC(=O)C(C)C)cc1. The molecule has 0 atom stereocenters. The lowest BCUT2D eigenvalue weighted by Crippen LogP contribution is -2.29.